The smallest absolute Gasteiger partial charge is 0.0740 e. The number of benzene rings is 1. The molecule has 100 valence electrons. The number of morpholine rings is 1. The minimum atomic E-state index is 0.216. The van der Waals surface area contributed by atoms with Crippen molar-refractivity contribution < 1.29 is 4.74 Å². The predicted octanol–water partition coefficient (Wildman–Crippen LogP) is 2.82. The molecule has 0 amide bonds. The van der Waals surface area contributed by atoms with E-state index in [0.717, 1.165) is 26.1 Å². The zero-order valence-electron chi connectivity index (χ0n) is 12.0. The van der Waals surface area contributed by atoms with Gasteiger partial charge in [-0.25, -0.2) is 0 Å². The zero-order valence-corrected chi connectivity index (χ0v) is 12.0. The van der Waals surface area contributed by atoms with E-state index in [2.05, 4.69) is 51.2 Å². The first-order valence-corrected chi connectivity index (χ1v) is 6.89. The molecule has 1 heterocycles. The Bertz CT molecular complexity index is 400. The summed E-state index contributed by atoms with van der Waals surface area (Å²) >= 11 is 0. The van der Waals surface area contributed by atoms with Crippen LogP contribution >= 0.6 is 0 Å². The van der Waals surface area contributed by atoms with E-state index < -0.39 is 0 Å². The van der Waals surface area contributed by atoms with Crippen LogP contribution in [0.15, 0.2) is 18.2 Å². The predicted molar refractivity (Wildman–Crippen MR) is 76.2 cm³/mol. The summed E-state index contributed by atoms with van der Waals surface area (Å²) in [6.45, 7) is 11.8. The standard InChI is InChI=1S/C16H25NO/c1-12-5-6-14(16(2,3)4)9-13(12)10-15-11-17-7-8-18-15/h5-6,9,15,17H,7-8,10-11H2,1-4H3. The third-order valence-corrected chi connectivity index (χ3v) is 3.67. The Balaban J connectivity index is 2.15. The SMILES string of the molecule is Cc1ccc(C(C)(C)C)cc1CC1CNCCO1. The molecular formula is C16H25NO. The summed E-state index contributed by atoms with van der Waals surface area (Å²) in [6, 6.07) is 6.85. The van der Waals surface area contributed by atoms with Gasteiger partial charge in [0.15, 0.2) is 0 Å². The monoisotopic (exact) mass is 247 g/mol. The maximum atomic E-state index is 5.80. The highest BCUT2D eigenvalue weighted by Gasteiger charge is 2.18. The molecular weight excluding hydrogens is 222 g/mol. The molecule has 18 heavy (non-hydrogen) atoms. The fourth-order valence-corrected chi connectivity index (χ4v) is 2.35. The van der Waals surface area contributed by atoms with E-state index in [0.29, 0.717) is 6.10 Å². The highest BCUT2D eigenvalue weighted by atomic mass is 16.5. The lowest BCUT2D eigenvalue weighted by Gasteiger charge is -2.26. The van der Waals surface area contributed by atoms with Crippen LogP contribution in [0.5, 0.6) is 0 Å². The minimum absolute atomic E-state index is 0.216. The molecule has 2 heteroatoms. The van der Waals surface area contributed by atoms with Crippen molar-refractivity contribution in [2.75, 3.05) is 19.7 Å². The quantitative estimate of drug-likeness (QED) is 0.867. The van der Waals surface area contributed by atoms with E-state index in [1.807, 2.05) is 0 Å². The molecule has 1 aliphatic rings. The van der Waals surface area contributed by atoms with Gasteiger partial charge in [0, 0.05) is 19.5 Å². The van der Waals surface area contributed by atoms with E-state index >= 15 is 0 Å². The lowest BCUT2D eigenvalue weighted by Crippen LogP contribution is -2.39. The average Bonchev–Trinajstić information content (AvgIpc) is 2.32. The van der Waals surface area contributed by atoms with E-state index in [1.54, 1.807) is 0 Å². The van der Waals surface area contributed by atoms with Crippen LogP contribution in [0.25, 0.3) is 0 Å². The van der Waals surface area contributed by atoms with Crippen molar-refractivity contribution in [1.82, 2.24) is 5.32 Å². The molecule has 1 N–H and O–H groups in total. The largest absolute Gasteiger partial charge is 0.375 e. The number of ether oxygens (including phenoxy) is 1. The summed E-state index contributed by atoms with van der Waals surface area (Å²) in [6.07, 6.45) is 1.34. The summed E-state index contributed by atoms with van der Waals surface area (Å²) in [4.78, 5) is 0. The summed E-state index contributed by atoms with van der Waals surface area (Å²) in [5.74, 6) is 0. The molecule has 0 aliphatic carbocycles. The molecule has 1 atom stereocenters. The van der Waals surface area contributed by atoms with Crippen molar-refractivity contribution in [3.63, 3.8) is 0 Å². The third-order valence-electron chi connectivity index (χ3n) is 3.67. The van der Waals surface area contributed by atoms with Gasteiger partial charge in [-0.3, -0.25) is 0 Å². The first-order chi connectivity index (χ1) is 8.47. The van der Waals surface area contributed by atoms with Gasteiger partial charge in [0.1, 0.15) is 0 Å². The summed E-state index contributed by atoms with van der Waals surface area (Å²) in [5.41, 5.74) is 4.42. The second-order valence-corrected chi connectivity index (χ2v) is 6.29. The lowest BCUT2D eigenvalue weighted by molar-refractivity contribution is 0.0291. The van der Waals surface area contributed by atoms with Crippen LogP contribution in [0.3, 0.4) is 0 Å². The van der Waals surface area contributed by atoms with E-state index in [-0.39, 0.29) is 5.41 Å². The maximum Gasteiger partial charge on any atom is 0.0740 e. The molecule has 1 aromatic rings. The van der Waals surface area contributed by atoms with Gasteiger partial charge < -0.3 is 10.1 Å². The summed E-state index contributed by atoms with van der Waals surface area (Å²) < 4.78 is 5.80. The van der Waals surface area contributed by atoms with Crippen LogP contribution in [0.2, 0.25) is 0 Å². The van der Waals surface area contributed by atoms with Gasteiger partial charge in [0.05, 0.1) is 12.7 Å². The molecule has 2 nitrogen and oxygen atoms in total. The highest BCUT2D eigenvalue weighted by molar-refractivity contribution is 5.35. The Morgan fingerprint density at radius 1 is 1.33 bits per heavy atom. The number of aryl methyl sites for hydroxylation is 1. The fraction of sp³-hybridized carbons (Fsp3) is 0.625. The van der Waals surface area contributed by atoms with Crippen LogP contribution in [-0.2, 0) is 16.6 Å². The van der Waals surface area contributed by atoms with Crippen molar-refractivity contribution in [2.24, 2.45) is 0 Å². The first kappa shape index (κ1) is 13.6. The molecule has 1 fully saturated rings. The number of rotatable bonds is 2. The van der Waals surface area contributed by atoms with Crippen LogP contribution in [-0.4, -0.2) is 25.8 Å². The molecule has 1 aromatic carbocycles. The summed E-state index contributed by atoms with van der Waals surface area (Å²) in [5, 5.41) is 3.39. The van der Waals surface area contributed by atoms with Gasteiger partial charge in [-0.15, -0.1) is 0 Å². The van der Waals surface area contributed by atoms with Gasteiger partial charge in [0.25, 0.3) is 0 Å². The van der Waals surface area contributed by atoms with Crippen LogP contribution < -0.4 is 5.32 Å². The lowest BCUT2D eigenvalue weighted by atomic mass is 9.84. The molecule has 1 aliphatic heterocycles. The highest BCUT2D eigenvalue weighted by Crippen LogP contribution is 2.25. The van der Waals surface area contributed by atoms with Gasteiger partial charge in [-0.1, -0.05) is 39.0 Å². The Morgan fingerprint density at radius 3 is 2.72 bits per heavy atom. The van der Waals surface area contributed by atoms with Crippen molar-refractivity contribution in [3.8, 4) is 0 Å². The fourth-order valence-electron chi connectivity index (χ4n) is 2.35. The van der Waals surface area contributed by atoms with Crippen molar-refractivity contribution >= 4 is 0 Å². The topological polar surface area (TPSA) is 21.3 Å². The first-order valence-electron chi connectivity index (χ1n) is 6.89. The van der Waals surface area contributed by atoms with Gasteiger partial charge in [-0.2, -0.15) is 0 Å². The van der Waals surface area contributed by atoms with E-state index in [4.69, 9.17) is 4.74 Å². The average molecular weight is 247 g/mol. The van der Waals surface area contributed by atoms with Crippen LogP contribution in [0, 0.1) is 6.92 Å². The molecule has 0 aromatic heterocycles. The molecule has 0 saturated carbocycles. The van der Waals surface area contributed by atoms with E-state index in [1.165, 1.54) is 16.7 Å². The number of hydrogen-bond acceptors (Lipinski definition) is 2. The minimum Gasteiger partial charge on any atom is -0.375 e. The third kappa shape index (κ3) is 3.33. The van der Waals surface area contributed by atoms with Crippen molar-refractivity contribution in [1.29, 1.82) is 0 Å². The molecule has 1 unspecified atom stereocenters. The summed E-state index contributed by atoms with van der Waals surface area (Å²) in [7, 11) is 0. The Morgan fingerprint density at radius 2 is 2.11 bits per heavy atom. The molecule has 0 spiro atoms. The van der Waals surface area contributed by atoms with Crippen molar-refractivity contribution in [2.45, 2.75) is 45.6 Å². The molecule has 0 radical (unpaired) electrons. The Kier molecular flexibility index (Phi) is 4.08. The molecule has 0 bridgehead atoms. The molecule has 2 rings (SSSR count). The molecule has 1 saturated heterocycles. The van der Waals surface area contributed by atoms with Gasteiger partial charge in [0.2, 0.25) is 0 Å². The Hall–Kier alpha value is -0.860. The van der Waals surface area contributed by atoms with Gasteiger partial charge in [-0.05, 0) is 29.0 Å². The maximum absolute atomic E-state index is 5.80. The number of hydrogen-bond donors (Lipinski definition) is 1. The second-order valence-electron chi connectivity index (χ2n) is 6.29. The van der Waals surface area contributed by atoms with E-state index in [9.17, 15) is 0 Å². The second kappa shape index (κ2) is 5.41. The number of nitrogens with one attached hydrogen (secondary N) is 1. The van der Waals surface area contributed by atoms with Crippen molar-refractivity contribution in [3.05, 3.63) is 34.9 Å². The Labute approximate surface area is 111 Å². The van der Waals surface area contributed by atoms with Crippen LogP contribution in [0.1, 0.15) is 37.5 Å². The van der Waals surface area contributed by atoms with Crippen LogP contribution in [0.4, 0.5) is 0 Å². The normalized spacial score (nSPS) is 21.0. The van der Waals surface area contributed by atoms with Gasteiger partial charge >= 0.3 is 0 Å². The zero-order chi connectivity index (χ0) is 13.2.